The molecule has 0 saturated heterocycles. The van der Waals surface area contributed by atoms with Crippen LogP contribution in [0, 0.1) is 22.7 Å². The van der Waals surface area contributed by atoms with Crippen LogP contribution in [0.4, 0.5) is 5.82 Å². The van der Waals surface area contributed by atoms with Crippen molar-refractivity contribution in [2.45, 2.75) is 140 Å². The predicted octanol–water partition coefficient (Wildman–Crippen LogP) is 8.12. The first-order chi connectivity index (χ1) is 26.5. The van der Waals surface area contributed by atoms with E-state index in [2.05, 4.69) is 23.1 Å². The van der Waals surface area contributed by atoms with Gasteiger partial charge in [0.1, 0.15) is 36.7 Å². The number of aliphatic hydroxyl groups excluding tert-OH is 2. The second kappa shape index (κ2) is 24.5. The number of rotatable bonds is 29. The highest BCUT2D eigenvalue weighted by Gasteiger charge is 2.46. The number of unbranched alkanes of at least 4 members (excludes halogenated alkanes) is 14. The Balaban J connectivity index is 1.52. The van der Waals surface area contributed by atoms with Gasteiger partial charge < -0.3 is 30.3 Å². The Morgan fingerprint density at radius 1 is 0.945 bits per heavy atom. The minimum Gasteiger partial charge on any atom is -0.386 e. The Hall–Kier alpha value is -3.14. The van der Waals surface area contributed by atoms with Gasteiger partial charge in [0, 0.05) is 12.1 Å². The van der Waals surface area contributed by atoms with E-state index in [1.165, 1.54) is 87.3 Å². The van der Waals surface area contributed by atoms with E-state index in [4.69, 9.17) is 35.9 Å². The Morgan fingerprint density at radius 3 is 2.15 bits per heavy atom. The van der Waals surface area contributed by atoms with Crippen LogP contribution >= 0.6 is 19.4 Å². The van der Waals surface area contributed by atoms with E-state index in [9.17, 15) is 30.2 Å². The van der Waals surface area contributed by atoms with Crippen molar-refractivity contribution in [1.29, 1.82) is 10.5 Å². The molecule has 3 rings (SSSR count). The molecule has 0 spiro atoms. The van der Waals surface area contributed by atoms with E-state index in [0.717, 1.165) is 39.1 Å². The fraction of sp³-hybridized carbons (Fsp3) is 0.641. The van der Waals surface area contributed by atoms with Crippen molar-refractivity contribution >= 4 is 30.8 Å². The number of hydrogen-bond donors (Lipinski definition) is 4. The molecular formula is C39H58ClN6O8P. The van der Waals surface area contributed by atoms with Crippen LogP contribution in [0.15, 0.2) is 36.7 Å². The summed E-state index contributed by atoms with van der Waals surface area (Å²) in [5.74, 6) is 0.129. The van der Waals surface area contributed by atoms with E-state index in [1.807, 2.05) is 0 Å². The second-order valence-electron chi connectivity index (χ2n) is 14.0. The van der Waals surface area contributed by atoms with Gasteiger partial charge in [0.25, 0.3) is 0 Å². The maximum atomic E-state index is 13.1. The normalized spacial score (nSPS) is 15.5. The molecule has 0 radical (unpaired) electrons. The van der Waals surface area contributed by atoms with E-state index >= 15 is 0 Å². The van der Waals surface area contributed by atoms with Gasteiger partial charge in [0.05, 0.1) is 36.6 Å². The van der Waals surface area contributed by atoms with E-state index < -0.39 is 38.3 Å². The number of nitriles is 2. The Bertz CT molecular complexity index is 1720. The molecule has 0 amide bonds. The van der Waals surface area contributed by atoms with Crippen LogP contribution in [0.1, 0.15) is 133 Å². The van der Waals surface area contributed by atoms with Crippen molar-refractivity contribution in [3.05, 3.63) is 58.5 Å². The smallest absolute Gasteiger partial charge is 0.386 e. The Kier molecular flexibility index (Phi) is 20.6. The number of fused-ring (bicyclic) bond motifs is 1. The van der Waals surface area contributed by atoms with Crippen LogP contribution in [0.5, 0.6) is 0 Å². The SMILES string of the molecule is CCCCCCCCCCCCCCCCC[C@H](COP(=O)(O)OCC(C#N)(OC)[C@@H](O)[C@@H](O)c1ccc2c(N)ncnn12)OCc1cc(Cl)cc(C#N)c1. The number of phosphoric acid groups is 1. The molecule has 5 N–H and O–H groups in total. The lowest BCUT2D eigenvalue weighted by Gasteiger charge is -2.33. The highest BCUT2D eigenvalue weighted by atomic mass is 35.5. The summed E-state index contributed by atoms with van der Waals surface area (Å²) < 4.78 is 36.2. The quantitative estimate of drug-likeness (QED) is 0.0385. The molecule has 304 valence electrons. The van der Waals surface area contributed by atoms with Crippen molar-refractivity contribution < 1.29 is 38.2 Å². The maximum absolute atomic E-state index is 13.1. The lowest BCUT2D eigenvalue weighted by atomic mass is 9.93. The summed E-state index contributed by atoms with van der Waals surface area (Å²) in [5, 5.41) is 45.9. The first-order valence-corrected chi connectivity index (χ1v) is 21.2. The van der Waals surface area contributed by atoms with Gasteiger partial charge >= 0.3 is 7.82 Å². The highest BCUT2D eigenvalue weighted by Crippen LogP contribution is 2.45. The second-order valence-corrected chi connectivity index (χ2v) is 15.9. The average Bonchev–Trinajstić information content (AvgIpc) is 3.62. The number of ether oxygens (including phenoxy) is 2. The van der Waals surface area contributed by atoms with Crippen LogP contribution in [-0.4, -0.2) is 67.8 Å². The monoisotopic (exact) mass is 804 g/mol. The number of methoxy groups -OCH3 is 1. The predicted molar refractivity (Wildman–Crippen MR) is 210 cm³/mol. The van der Waals surface area contributed by atoms with Crippen molar-refractivity contribution in [1.82, 2.24) is 14.6 Å². The van der Waals surface area contributed by atoms with Crippen molar-refractivity contribution in [3.8, 4) is 12.1 Å². The first kappa shape index (κ1) is 46.2. The molecule has 5 atom stereocenters. The molecule has 1 aromatic carbocycles. The molecule has 0 aliphatic heterocycles. The summed E-state index contributed by atoms with van der Waals surface area (Å²) in [7, 11) is -3.75. The molecule has 2 aromatic heterocycles. The summed E-state index contributed by atoms with van der Waals surface area (Å²) in [4.78, 5) is 14.5. The van der Waals surface area contributed by atoms with Crippen LogP contribution in [-0.2, 0) is 29.7 Å². The number of aliphatic hydroxyl groups is 2. The van der Waals surface area contributed by atoms with E-state index in [1.54, 1.807) is 24.3 Å². The minimum absolute atomic E-state index is 0.0668. The number of nitrogen functional groups attached to an aromatic ring is 1. The number of phosphoric ester groups is 1. The maximum Gasteiger partial charge on any atom is 0.472 e. The molecule has 0 bridgehead atoms. The van der Waals surface area contributed by atoms with Crippen LogP contribution in [0.2, 0.25) is 5.02 Å². The van der Waals surface area contributed by atoms with Gasteiger partial charge in [-0.15, -0.1) is 0 Å². The molecule has 0 fully saturated rings. The Labute approximate surface area is 330 Å². The third-order valence-corrected chi connectivity index (χ3v) is 10.9. The number of hydrogen-bond acceptors (Lipinski definition) is 12. The van der Waals surface area contributed by atoms with Crippen molar-refractivity contribution in [2.24, 2.45) is 0 Å². The lowest BCUT2D eigenvalue weighted by Crippen LogP contribution is -2.50. The van der Waals surface area contributed by atoms with Crippen LogP contribution in [0.25, 0.3) is 5.52 Å². The van der Waals surface area contributed by atoms with Gasteiger partial charge in [-0.3, -0.25) is 9.05 Å². The molecule has 0 aliphatic carbocycles. The van der Waals surface area contributed by atoms with Gasteiger partial charge in [0.2, 0.25) is 5.60 Å². The van der Waals surface area contributed by atoms with Crippen molar-refractivity contribution in [2.75, 3.05) is 26.1 Å². The molecule has 2 unspecified atom stereocenters. The molecule has 3 aromatic rings. The number of halogens is 1. The van der Waals surface area contributed by atoms with Gasteiger partial charge in [-0.1, -0.05) is 115 Å². The molecule has 2 heterocycles. The number of benzene rings is 1. The zero-order valence-electron chi connectivity index (χ0n) is 32.2. The highest BCUT2D eigenvalue weighted by molar-refractivity contribution is 7.47. The molecule has 14 nitrogen and oxygen atoms in total. The van der Waals surface area contributed by atoms with Gasteiger partial charge in [-0.2, -0.15) is 15.6 Å². The molecular weight excluding hydrogens is 747 g/mol. The van der Waals surface area contributed by atoms with E-state index in [-0.39, 0.29) is 24.7 Å². The lowest BCUT2D eigenvalue weighted by molar-refractivity contribution is -0.134. The number of anilines is 1. The van der Waals surface area contributed by atoms with Gasteiger partial charge in [0.15, 0.2) is 5.82 Å². The third-order valence-electron chi connectivity index (χ3n) is 9.71. The van der Waals surface area contributed by atoms with Crippen LogP contribution < -0.4 is 5.73 Å². The number of aromatic nitrogens is 3. The fourth-order valence-corrected chi connectivity index (χ4v) is 7.43. The molecule has 0 saturated carbocycles. The zero-order valence-corrected chi connectivity index (χ0v) is 33.8. The molecule has 55 heavy (non-hydrogen) atoms. The van der Waals surface area contributed by atoms with Gasteiger partial charge in [-0.25, -0.2) is 14.1 Å². The summed E-state index contributed by atoms with van der Waals surface area (Å²) >= 11 is 6.17. The summed E-state index contributed by atoms with van der Waals surface area (Å²) in [5.41, 5.74) is 5.03. The van der Waals surface area contributed by atoms with Gasteiger partial charge in [-0.05, 0) is 42.3 Å². The van der Waals surface area contributed by atoms with E-state index in [0.29, 0.717) is 28.1 Å². The number of nitrogens with two attached hydrogens (primary N) is 1. The summed E-state index contributed by atoms with van der Waals surface area (Å²) in [6.07, 6.45) is 15.7. The zero-order chi connectivity index (χ0) is 40.1. The minimum atomic E-state index is -4.85. The molecule has 16 heteroatoms. The van der Waals surface area contributed by atoms with Crippen LogP contribution in [0.3, 0.4) is 0 Å². The van der Waals surface area contributed by atoms with Crippen molar-refractivity contribution in [3.63, 3.8) is 0 Å². The third kappa shape index (κ3) is 15.4. The number of nitrogens with zero attached hydrogens (tertiary/aromatic N) is 5. The standard InChI is InChI=1S/C39H58ClN6O8P/c1-3-4-5-6-7-8-9-10-11-12-13-14-15-16-17-18-33(52-25-31-21-30(24-41)22-32(40)23-31)26-53-55(49,50)54-28-39(27-42,51-2)37(48)36(47)34-19-20-35-38(43)44-29-45-46(34)35/h19-23,29,33,36-37,47-48H,3-18,25-26,28H2,1-2H3,(H,49,50)(H2,43,44,45)/t33-,36+,37+,39?/m1/s1. The Morgan fingerprint density at radius 2 is 1.56 bits per heavy atom. The fourth-order valence-electron chi connectivity index (χ4n) is 6.39. The molecule has 0 aliphatic rings. The first-order valence-electron chi connectivity index (χ1n) is 19.3. The average molecular weight is 805 g/mol. The summed E-state index contributed by atoms with van der Waals surface area (Å²) in [6.45, 7) is 1.06. The topological polar surface area (TPSA) is 218 Å². The largest absolute Gasteiger partial charge is 0.472 e. The summed E-state index contributed by atoms with van der Waals surface area (Å²) in [6, 6.07) is 11.7.